The second-order valence-corrected chi connectivity index (χ2v) is 4.17. The molecule has 1 amide bonds. The van der Waals surface area contributed by atoms with Crippen molar-refractivity contribution in [1.29, 1.82) is 0 Å². The third-order valence-electron chi connectivity index (χ3n) is 2.49. The molecule has 0 aliphatic carbocycles. The average Bonchev–Trinajstić information content (AvgIpc) is 2.74. The van der Waals surface area contributed by atoms with Crippen LogP contribution in [-0.2, 0) is 4.79 Å². The van der Waals surface area contributed by atoms with Gasteiger partial charge in [0, 0.05) is 12.5 Å². The molecule has 1 unspecified atom stereocenters. The van der Waals surface area contributed by atoms with Gasteiger partial charge in [-0.3, -0.25) is 4.79 Å². The van der Waals surface area contributed by atoms with Gasteiger partial charge >= 0.3 is 0 Å². The molecular weight excluding hydrogens is 228 g/mol. The largest absolute Gasteiger partial charge is 0.313 e. The van der Waals surface area contributed by atoms with Crippen LogP contribution in [0.1, 0.15) is 19.3 Å². The van der Waals surface area contributed by atoms with Crippen LogP contribution in [0, 0.1) is 0 Å². The molecule has 6 heteroatoms. The summed E-state index contributed by atoms with van der Waals surface area (Å²) in [4.78, 5) is 11.6. The second-order valence-electron chi connectivity index (χ2n) is 3.79. The van der Waals surface area contributed by atoms with E-state index in [1.54, 1.807) is 12.1 Å². The lowest BCUT2D eigenvalue weighted by Crippen LogP contribution is -2.27. The monoisotopic (exact) mass is 240 g/mol. The summed E-state index contributed by atoms with van der Waals surface area (Å²) < 4.78 is 0. The molecule has 5 nitrogen and oxygen atoms in total. The highest BCUT2D eigenvalue weighted by Gasteiger charge is 2.17. The summed E-state index contributed by atoms with van der Waals surface area (Å²) >= 11 is 5.59. The molecule has 86 valence electrons. The molecular formula is C10H13ClN4O. The minimum Gasteiger partial charge on any atom is -0.313 e. The lowest BCUT2D eigenvalue weighted by molar-refractivity contribution is -0.116. The van der Waals surface area contributed by atoms with E-state index in [1.807, 2.05) is 0 Å². The third-order valence-corrected chi connectivity index (χ3v) is 2.70. The highest BCUT2D eigenvalue weighted by molar-refractivity contribution is 6.29. The molecule has 2 heterocycles. The highest BCUT2D eigenvalue weighted by atomic mass is 35.5. The van der Waals surface area contributed by atoms with Crippen molar-refractivity contribution in [2.75, 3.05) is 11.9 Å². The van der Waals surface area contributed by atoms with Crippen LogP contribution in [0.2, 0.25) is 5.15 Å². The molecule has 1 saturated heterocycles. The number of halogens is 1. The normalized spacial score (nSPS) is 19.7. The SMILES string of the molecule is O=C(CC1CCCN1)Nc1ccc(Cl)nn1. The number of nitrogens with zero attached hydrogens (tertiary/aromatic N) is 2. The van der Waals surface area contributed by atoms with Crippen molar-refractivity contribution < 1.29 is 4.79 Å². The average molecular weight is 241 g/mol. The van der Waals surface area contributed by atoms with Gasteiger partial charge in [-0.05, 0) is 31.5 Å². The van der Waals surface area contributed by atoms with Gasteiger partial charge in [0.2, 0.25) is 5.91 Å². The first-order chi connectivity index (χ1) is 7.74. The topological polar surface area (TPSA) is 66.9 Å². The zero-order valence-corrected chi connectivity index (χ0v) is 9.50. The summed E-state index contributed by atoms with van der Waals surface area (Å²) in [7, 11) is 0. The molecule has 1 aliphatic heterocycles. The van der Waals surface area contributed by atoms with Crippen molar-refractivity contribution in [3.05, 3.63) is 17.3 Å². The number of carbonyl (C=O) groups is 1. The van der Waals surface area contributed by atoms with Crippen LogP contribution in [0.5, 0.6) is 0 Å². The number of amides is 1. The van der Waals surface area contributed by atoms with E-state index < -0.39 is 0 Å². The van der Waals surface area contributed by atoms with E-state index in [0.717, 1.165) is 19.4 Å². The molecule has 1 aromatic heterocycles. The predicted octanol–water partition coefficient (Wildman–Crippen LogP) is 1.21. The standard InChI is InChI=1S/C10H13ClN4O/c11-8-3-4-9(15-14-8)13-10(16)6-7-2-1-5-12-7/h3-4,7,12H,1-2,5-6H2,(H,13,15,16). The van der Waals surface area contributed by atoms with Crippen LogP contribution in [0.25, 0.3) is 0 Å². The fourth-order valence-electron chi connectivity index (χ4n) is 1.73. The highest BCUT2D eigenvalue weighted by Crippen LogP contribution is 2.11. The zero-order valence-electron chi connectivity index (χ0n) is 8.74. The van der Waals surface area contributed by atoms with E-state index in [2.05, 4.69) is 20.8 Å². The molecule has 0 radical (unpaired) electrons. The summed E-state index contributed by atoms with van der Waals surface area (Å²) in [5, 5.41) is 13.7. The molecule has 0 saturated carbocycles. The number of hydrogen-bond acceptors (Lipinski definition) is 4. The Labute approximate surface area is 98.6 Å². The summed E-state index contributed by atoms with van der Waals surface area (Å²) in [5.74, 6) is 0.392. The van der Waals surface area contributed by atoms with E-state index in [9.17, 15) is 4.79 Å². The number of carbonyl (C=O) groups excluding carboxylic acids is 1. The van der Waals surface area contributed by atoms with Crippen molar-refractivity contribution in [3.63, 3.8) is 0 Å². The Morgan fingerprint density at radius 1 is 1.56 bits per heavy atom. The van der Waals surface area contributed by atoms with E-state index in [1.165, 1.54) is 0 Å². The summed E-state index contributed by atoms with van der Waals surface area (Å²) in [6.07, 6.45) is 2.67. The van der Waals surface area contributed by atoms with Gasteiger partial charge in [-0.15, -0.1) is 10.2 Å². The van der Waals surface area contributed by atoms with Crippen LogP contribution in [0.4, 0.5) is 5.82 Å². The smallest absolute Gasteiger partial charge is 0.227 e. The molecule has 2 rings (SSSR count). The maximum absolute atomic E-state index is 11.6. The van der Waals surface area contributed by atoms with Crippen molar-refractivity contribution in [2.24, 2.45) is 0 Å². The summed E-state index contributed by atoms with van der Waals surface area (Å²) in [5.41, 5.74) is 0. The first kappa shape index (κ1) is 11.3. The maximum atomic E-state index is 11.6. The van der Waals surface area contributed by atoms with Gasteiger partial charge < -0.3 is 10.6 Å². The van der Waals surface area contributed by atoms with E-state index in [0.29, 0.717) is 23.4 Å². The quantitative estimate of drug-likeness (QED) is 0.834. The second kappa shape index (κ2) is 5.23. The van der Waals surface area contributed by atoms with E-state index in [4.69, 9.17) is 11.6 Å². The number of hydrogen-bond donors (Lipinski definition) is 2. The van der Waals surface area contributed by atoms with Crippen molar-refractivity contribution in [3.8, 4) is 0 Å². The van der Waals surface area contributed by atoms with Gasteiger partial charge in [0.1, 0.15) is 0 Å². The van der Waals surface area contributed by atoms with Gasteiger partial charge in [0.25, 0.3) is 0 Å². The van der Waals surface area contributed by atoms with Gasteiger partial charge in [-0.1, -0.05) is 11.6 Å². The molecule has 1 aromatic rings. The number of nitrogens with one attached hydrogen (secondary N) is 2. The molecule has 1 fully saturated rings. The summed E-state index contributed by atoms with van der Waals surface area (Å²) in [6, 6.07) is 3.52. The van der Waals surface area contributed by atoms with Gasteiger partial charge in [-0.2, -0.15) is 0 Å². The van der Waals surface area contributed by atoms with Gasteiger partial charge in [0.05, 0.1) is 0 Å². The Hall–Kier alpha value is -1.20. The Morgan fingerprint density at radius 3 is 3.06 bits per heavy atom. The predicted molar refractivity (Wildman–Crippen MR) is 61.3 cm³/mol. The third kappa shape index (κ3) is 3.15. The van der Waals surface area contributed by atoms with E-state index >= 15 is 0 Å². The zero-order chi connectivity index (χ0) is 11.4. The Bertz CT molecular complexity index is 362. The lowest BCUT2D eigenvalue weighted by Gasteiger charge is -2.09. The summed E-state index contributed by atoms with van der Waals surface area (Å²) in [6.45, 7) is 0.999. The fourth-order valence-corrected chi connectivity index (χ4v) is 1.83. The molecule has 1 aliphatic rings. The Balaban J connectivity index is 1.84. The van der Waals surface area contributed by atoms with Crippen LogP contribution >= 0.6 is 11.6 Å². The van der Waals surface area contributed by atoms with Crippen LogP contribution in [0.15, 0.2) is 12.1 Å². The molecule has 0 bridgehead atoms. The van der Waals surface area contributed by atoms with E-state index in [-0.39, 0.29) is 5.91 Å². The first-order valence-electron chi connectivity index (χ1n) is 5.26. The van der Waals surface area contributed by atoms with Crippen LogP contribution < -0.4 is 10.6 Å². The molecule has 0 aromatic carbocycles. The minimum atomic E-state index is -0.0453. The molecule has 16 heavy (non-hydrogen) atoms. The van der Waals surface area contributed by atoms with Crippen molar-refractivity contribution in [2.45, 2.75) is 25.3 Å². The number of rotatable bonds is 3. The van der Waals surface area contributed by atoms with Crippen LogP contribution in [0.3, 0.4) is 0 Å². The minimum absolute atomic E-state index is 0.0453. The molecule has 2 N–H and O–H groups in total. The van der Waals surface area contributed by atoms with Gasteiger partial charge in [0.15, 0.2) is 11.0 Å². The Morgan fingerprint density at radius 2 is 2.44 bits per heavy atom. The first-order valence-corrected chi connectivity index (χ1v) is 5.64. The van der Waals surface area contributed by atoms with Crippen molar-refractivity contribution >= 4 is 23.3 Å². The van der Waals surface area contributed by atoms with Gasteiger partial charge in [-0.25, -0.2) is 0 Å². The Kier molecular flexibility index (Phi) is 3.69. The van der Waals surface area contributed by atoms with Crippen LogP contribution in [-0.4, -0.2) is 28.7 Å². The van der Waals surface area contributed by atoms with Crippen molar-refractivity contribution in [1.82, 2.24) is 15.5 Å². The number of anilines is 1. The molecule has 1 atom stereocenters. The maximum Gasteiger partial charge on any atom is 0.227 e. The fraction of sp³-hybridized carbons (Fsp3) is 0.500. The molecule has 0 spiro atoms. The number of aromatic nitrogens is 2. The lowest BCUT2D eigenvalue weighted by atomic mass is 10.1.